The highest BCUT2D eigenvalue weighted by molar-refractivity contribution is 7.14. The third-order valence-corrected chi connectivity index (χ3v) is 3.94. The van der Waals surface area contributed by atoms with Gasteiger partial charge in [-0.3, -0.25) is 15.1 Å². The summed E-state index contributed by atoms with van der Waals surface area (Å²) in [4.78, 5) is 21.0. The minimum absolute atomic E-state index is 0.169. The summed E-state index contributed by atoms with van der Waals surface area (Å²) in [7, 11) is 0. The standard InChI is InChI=1S/C15H20N4OS/c1-5-16-11(4)13-8-21-15(18-13)19-14(20)12-7-6-9(2)17-10(12)3/h6-8,11,16H,5H2,1-4H3,(H,18,19,20). The van der Waals surface area contributed by atoms with Crippen molar-refractivity contribution < 1.29 is 4.79 Å². The van der Waals surface area contributed by atoms with Gasteiger partial charge in [-0.05, 0) is 39.4 Å². The second kappa shape index (κ2) is 6.78. The molecule has 2 heterocycles. The third-order valence-electron chi connectivity index (χ3n) is 3.17. The number of carbonyl (C=O) groups excluding carboxylic acids is 1. The number of carbonyl (C=O) groups is 1. The zero-order chi connectivity index (χ0) is 15.4. The van der Waals surface area contributed by atoms with Gasteiger partial charge in [-0.1, -0.05) is 6.92 Å². The number of amides is 1. The molecular formula is C15H20N4OS. The number of nitrogens with zero attached hydrogens (tertiary/aromatic N) is 2. The van der Waals surface area contributed by atoms with E-state index in [1.165, 1.54) is 11.3 Å². The predicted octanol–water partition coefficient (Wildman–Crippen LogP) is 3.08. The zero-order valence-corrected chi connectivity index (χ0v) is 13.5. The first-order valence-electron chi connectivity index (χ1n) is 6.95. The van der Waals surface area contributed by atoms with Crippen LogP contribution in [0.4, 0.5) is 5.13 Å². The molecule has 1 atom stereocenters. The lowest BCUT2D eigenvalue weighted by Gasteiger charge is -2.08. The van der Waals surface area contributed by atoms with Crippen molar-refractivity contribution in [2.75, 3.05) is 11.9 Å². The Hall–Kier alpha value is -1.79. The van der Waals surface area contributed by atoms with Crippen LogP contribution in [0.25, 0.3) is 0 Å². The second-order valence-corrected chi connectivity index (χ2v) is 5.75. The molecule has 0 bridgehead atoms. The number of pyridine rings is 1. The van der Waals surface area contributed by atoms with E-state index < -0.39 is 0 Å². The van der Waals surface area contributed by atoms with Gasteiger partial charge < -0.3 is 5.32 Å². The van der Waals surface area contributed by atoms with Crippen molar-refractivity contribution in [3.05, 3.63) is 40.2 Å². The van der Waals surface area contributed by atoms with Crippen molar-refractivity contribution in [3.63, 3.8) is 0 Å². The predicted molar refractivity (Wildman–Crippen MR) is 85.9 cm³/mol. The Kier molecular flexibility index (Phi) is 5.03. The van der Waals surface area contributed by atoms with Crippen LogP contribution < -0.4 is 10.6 Å². The quantitative estimate of drug-likeness (QED) is 0.891. The van der Waals surface area contributed by atoms with Gasteiger partial charge in [0.05, 0.1) is 17.0 Å². The number of aryl methyl sites for hydroxylation is 2. The summed E-state index contributed by atoms with van der Waals surface area (Å²) in [6.07, 6.45) is 0. The summed E-state index contributed by atoms with van der Waals surface area (Å²) in [6.45, 7) is 8.73. The molecule has 0 aliphatic carbocycles. The van der Waals surface area contributed by atoms with E-state index in [9.17, 15) is 4.79 Å². The lowest BCUT2D eigenvalue weighted by Crippen LogP contribution is -2.18. The molecule has 0 saturated carbocycles. The van der Waals surface area contributed by atoms with Gasteiger partial charge in [0.1, 0.15) is 0 Å². The number of nitrogens with one attached hydrogen (secondary N) is 2. The molecule has 112 valence electrons. The molecule has 2 N–H and O–H groups in total. The topological polar surface area (TPSA) is 66.9 Å². The minimum Gasteiger partial charge on any atom is -0.309 e. The average Bonchev–Trinajstić information content (AvgIpc) is 2.87. The fraction of sp³-hybridized carbons (Fsp3) is 0.400. The van der Waals surface area contributed by atoms with Crippen molar-refractivity contribution in [1.29, 1.82) is 0 Å². The molecule has 1 amide bonds. The van der Waals surface area contributed by atoms with Crippen LogP contribution >= 0.6 is 11.3 Å². The van der Waals surface area contributed by atoms with Crippen LogP contribution in [0.3, 0.4) is 0 Å². The Labute approximate surface area is 128 Å². The number of aromatic nitrogens is 2. The Bertz CT molecular complexity index is 638. The maximum Gasteiger partial charge on any atom is 0.259 e. The van der Waals surface area contributed by atoms with E-state index in [2.05, 4.69) is 34.4 Å². The zero-order valence-electron chi connectivity index (χ0n) is 12.7. The van der Waals surface area contributed by atoms with Crippen LogP contribution in [0.15, 0.2) is 17.5 Å². The molecule has 2 rings (SSSR count). The van der Waals surface area contributed by atoms with Crippen molar-refractivity contribution >= 4 is 22.4 Å². The smallest absolute Gasteiger partial charge is 0.259 e. The first kappa shape index (κ1) is 15.6. The van der Waals surface area contributed by atoms with Crippen LogP contribution in [0.5, 0.6) is 0 Å². The van der Waals surface area contributed by atoms with Gasteiger partial charge in [0.15, 0.2) is 5.13 Å². The molecule has 0 fully saturated rings. The highest BCUT2D eigenvalue weighted by Crippen LogP contribution is 2.21. The second-order valence-electron chi connectivity index (χ2n) is 4.90. The minimum atomic E-state index is -0.169. The largest absolute Gasteiger partial charge is 0.309 e. The molecule has 0 aromatic carbocycles. The van der Waals surface area contributed by atoms with E-state index in [1.54, 1.807) is 6.07 Å². The highest BCUT2D eigenvalue weighted by Gasteiger charge is 2.14. The number of hydrogen-bond donors (Lipinski definition) is 2. The fourth-order valence-electron chi connectivity index (χ4n) is 2.04. The first-order chi connectivity index (χ1) is 10.0. The van der Waals surface area contributed by atoms with E-state index in [0.29, 0.717) is 10.7 Å². The van der Waals surface area contributed by atoms with Crippen molar-refractivity contribution in [2.24, 2.45) is 0 Å². The van der Waals surface area contributed by atoms with Gasteiger partial charge in [0, 0.05) is 17.1 Å². The van der Waals surface area contributed by atoms with Crippen LogP contribution in [0.2, 0.25) is 0 Å². The van der Waals surface area contributed by atoms with Crippen molar-refractivity contribution in [3.8, 4) is 0 Å². The molecule has 0 radical (unpaired) electrons. The summed E-state index contributed by atoms with van der Waals surface area (Å²) >= 11 is 1.43. The molecule has 6 heteroatoms. The molecule has 2 aromatic heterocycles. The Morgan fingerprint density at radius 2 is 2.10 bits per heavy atom. The number of rotatable bonds is 5. The van der Waals surface area contributed by atoms with Gasteiger partial charge in [-0.25, -0.2) is 4.98 Å². The van der Waals surface area contributed by atoms with E-state index in [0.717, 1.165) is 23.6 Å². The van der Waals surface area contributed by atoms with Gasteiger partial charge in [0.25, 0.3) is 5.91 Å². The van der Waals surface area contributed by atoms with Crippen molar-refractivity contribution in [2.45, 2.75) is 33.7 Å². The van der Waals surface area contributed by atoms with Crippen LogP contribution in [0.1, 0.15) is 47.3 Å². The molecule has 0 aliphatic rings. The molecule has 2 aromatic rings. The van der Waals surface area contributed by atoms with E-state index >= 15 is 0 Å². The van der Waals surface area contributed by atoms with Gasteiger partial charge in [-0.15, -0.1) is 11.3 Å². The molecule has 21 heavy (non-hydrogen) atoms. The highest BCUT2D eigenvalue weighted by atomic mass is 32.1. The molecular weight excluding hydrogens is 284 g/mol. The van der Waals surface area contributed by atoms with Gasteiger partial charge in [0.2, 0.25) is 0 Å². The van der Waals surface area contributed by atoms with Crippen LogP contribution in [0, 0.1) is 13.8 Å². The van der Waals surface area contributed by atoms with Crippen molar-refractivity contribution in [1.82, 2.24) is 15.3 Å². The maximum atomic E-state index is 12.3. The van der Waals surface area contributed by atoms with Crippen LogP contribution in [-0.4, -0.2) is 22.4 Å². The summed E-state index contributed by atoms with van der Waals surface area (Å²) < 4.78 is 0. The van der Waals surface area contributed by atoms with Crippen LogP contribution in [-0.2, 0) is 0 Å². The first-order valence-corrected chi connectivity index (χ1v) is 7.83. The molecule has 1 unspecified atom stereocenters. The monoisotopic (exact) mass is 304 g/mol. The number of hydrogen-bond acceptors (Lipinski definition) is 5. The lowest BCUT2D eigenvalue weighted by atomic mass is 10.2. The average molecular weight is 304 g/mol. The summed E-state index contributed by atoms with van der Waals surface area (Å²) in [5.74, 6) is -0.169. The Morgan fingerprint density at radius 1 is 1.33 bits per heavy atom. The Balaban J connectivity index is 2.09. The third kappa shape index (κ3) is 3.86. The fourth-order valence-corrected chi connectivity index (χ4v) is 2.84. The summed E-state index contributed by atoms with van der Waals surface area (Å²) in [6, 6.07) is 3.81. The summed E-state index contributed by atoms with van der Waals surface area (Å²) in [5.41, 5.74) is 3.15. The molecule has 0 spiro atoms. The number of anilines is 1. The Morgan fingerprint density at radius 3 is 2.76 bits per heavy atom. The van der Waals surface area contributed by atoms with Gasteiger partial charge >= 0.3 is 0 Å². The van der Waals surface area contributed by atoms with E-state index in [-0.39, 0.29) is 11.9 Å². The maximum absolute atomic E-state index is 12.3. The van der Waals surface area contributed by atoms with E-state index in [1.807, 2.05) is 25.3 Å². The SMILES string of the molecule is CCNC(C)c1csc(NC(=O)c2ccc(C)nc2C)n1. The van der Waals surface area contributed by atoms with Gasteiger partial charge in [-0.2, -0.15) is 0 Å². The number of thiazole rings is 1. The molecule has 0 saturated heterocycles. The summed E-state index contributed by atoms with van der Waals surface area (Å²) in [5, 5.41) is 8.71. The molecule has 0 aliphatic heterocycles. The lowest BCUT2D eigenvalue weighted by molar-refractivity contribution is 0.102. The van der Waals surface area contributed by atoms with E-state index in [4.69, 9.17) is 0 Å². The normalized spacial score (nSPS) is 12.2. The molecule has 5 nitrogen and oxygen atoms in total.